The zero-order valence-corrected chi connectivity index (χ0v) is 20.4. The maximum absolute atomic E-state index is 13.3. The van der Waals surface area contributed by atoms with Crippen LogP contribution in [-0.2, 0) is 28.7 Å². The summed E-state index contributed by atoms with van der Waals surface area (Å²) in [6, 6.07) is -2.80. The largest absolute Gasteiger partial charge is 0.522 e. The number of carbonyl (C=O) groups excluding carboxylic acids is 5. The number of likely N-dealkylation sites (tertiary alicyclic amines) is 1. The molecule has 0 radical (unpaired) electrons. The molecule has 3 rings (SSSR count). The normalized spacial score (nSPS) is 27.2. The second kappa shape index (κ2) is 10.1. The molecule has 5 atom stereocenters. The molecule has 10 nitrogen and oxygen atoms in total. The van der Waals surface area contributed by atoms with E-state index in [9.17, 15) is 45.9 Å². The van der Waals surface area contributed by atoms with Gasteiger partial charge in [0.1, 0.15) is 12.6 Å². The number of ketones is 1. The molecule has 208 valence electrons. The SMILES string of the molecule is CC(F)(F)CNC(=O)C(=O)N1C[C@H]2[C@@H]([C@H]1C(=O)NC(C[C@@H]1CCNC1=O)C(=O)COC(F)(F)F)C2(C)C. The van der Waals surface area contributed by atoms with Crippen LogP contribution in [0.1, 0.15) is 33.6 Å². The highest BCUT2D eigenvalue weighted by Gasteiger charge is 2.69. The molecule has 4 amide bonds. The van der Waals surface area contributed by atoms with Crippen molar-refractivity contribution in [1.82, 2.24) is 20.9 Å². The van der Waals surface area contributed by atoms with E-state index < -0.39 is 84.2 Å². The van der Waals surface area contributed by atoms with E-state index in [1.807, 2.05) is 19.2 Å². The average molecular weight is 540 g/mol. The van der Waals surface area contributed by atoms with Crippen molar-refractivity contribution in [3.8, 4) is 0 Å². The van der Waals surface area contributed by atoms with Gasteiger partial charge in [0.25, 0.3) is 5.92 Å². The Bertz CT molecular complexity index is 966. The molecular weight excluding hydrogens is 511 g/mol. The highest BCUT2D eigenvalue weighted by Crippen LogP contribution is 2.64. The van der Waals surface area contributed by atoms with Gasteiger partial charge in [-0.2, -0.15) is 0 Å². The maximum atomic E-state index is 13.3. The minimum atomic E-state index is -5.10. The van der Waals surface area contributed by atoms with Crippen molar-refractivity contribution in [3.05, 3.63) is 0 Å². The molecule has 2 aliphatic heterocycles. The fraction of sp³-hybridized carbons (Fsp3) is 0.773. The van der Waals surface area contributed by atoms with Crippen LogP contribution in [0.5, 0.6) is 0 Å². The molecule has 1 saturated carbocycles. The Morgan fingerprint density at radius 1 is 1.19 bits per heavy atom. The molecule has 2 saturated heterocycles. The molecule has 1 aliphatic carbocycles. The van der Waals surface area contributed by atoms with E-state index in [-0.39, 0.29) is 18.9 Å². The first kappa shape index (κ1) is 28.7. The lowest BCUT2D eigenvalue weighted by atomic mass is 9.95. The summed E-state index contributed by atoms with van der Waals surface area (Å²) in [4.78, 5) is 63.8. The summed E-state index contributed by atoms with van der Waals surface area (Å²) >= 11 is 0. The summed E-state index contributed by atoms with van der Waals surface area (Å²) in [5.74, 6) is -9.66. The zero-order valence-electron chi connectivity index (χ0n) is 20.4. The Hall–Kier alpha value is -2.84. The molecule has 3 aliphatic rings. The van der Waals surface area contributed by atoms with Crippen molar-refractivity contribution in [2.45, 2.75) is 58.0 Å². The lowest BCUT2D eigenvalue weighted by Crippen LogP contribution is -2.57. The molecular formula is C22H29F5N4O6. The van der Waals surface area contributed by atoms with Crippen LogP contribution < -0.4 is 16.0 Å². The number of nitrogens with one attached hydrogen (secondary N) is 3. The minimum Gasteiger partial charge on any atom is -0.356 e. The van der Waals surface area contributed by atoms with Crippen LogP contribution in [0.4, 0.5) is 22.0 Å². The van der Waals surface area contributed by atoms with E-state index in [1.54, 1.807) is 0 Å². The molecule has 0 aromatic carbocycles. The first-order chi connectivity index (χ1) is 16.9. The smallest absolute Gasteiger partial charge is 0.356 e. The predicted molar refractivity (Wildman–Crippen MR) is 115 cm³/mol. The van der Waals surface area contributed by atoms with E-state index >= 15 is 0 Å². The number of rotatable bonds is 9. The molecule has 2 heterocycles. The van der Waals surface area contributed by atoms with E-state index in [4.69, 9.17) is 0 Å². The summed E-state index contributed by atoms with van der Waals surface area (Å²) in [5.41, 5.74) is -0.421. The number of carbonyl (C=O) groups is 5. The molecule has 37 heavy (non-hydrogen) atoms. The molecule has 0 aromatic rings. The third kappa shape index (κ3) is 6.73. The van der Waals surface area contributed by atoms with Gasteiger partial charge >= 0.3 is 18.2 Å². The quantitative estimate of drug-likeness (QED) is 0.286. The fourth-order valence-electron chi connectivity index (χ4n) is 5.17. The average Bonchev–Trinajstić information content (AvgIpc) is 3.13. The van der Waals surface area contributed by atoms with Crippen molar-refractivity contribution >= 4 is 29.4 Å². The van der Waals surface area contributed by atoms with Gasteiger partial charge < -0.3 is 20.9 Å². The van der Waals surface area contributed by atoms with Gasteiger partial charge in [-0.05, 0) is 30.1 Å². The number of ether oxygens (including phenoxy) is 1. The van der Waals surface area contributed by atoms with Crippen LogP contribution >= 0.6 is 0 Å². The summed E-state index contributed by atoms with van der Waals surface area (Å²) in [7, 11) is 0. The fourth-order valence-corrected chi connectivity index (χ4v) is 5.17. The topological polar surface area (TPSA) is 134 Å². The van der Waals surface area contributed by atoms with Crippen molar-refractivity contribution in [1.29, 1.82) is 0 Å². The Kier molecular flexibility index (Phi) is 7.87. The van der Waals surface area contributed by atoms with Gasteiger partial charge in [-0.1, -0.05) is 13.8 Å². The molecule has 0 spiro atoms. The maximum Gasteiger partial charge on any atom is 0.522 e. The van der Waals surface area contributed by atoms with Crippen LogP contribution in [0.3, 0.4) is 0 Å². The van der Waals surface area contributed by atoms with Crippen LogP contribution in [0.15, 0.2) is 0 Å². The predicted octanol–water partition coefficient (Wildman–Crippen LogP) is 0.357. The highest BCUT2D eigenvalue weighted by molar-refractivity contribution is 6.35. The standard InChI is InChI=1S/C22H29F5N4O6/c1-20(2)11-7-31(19(36)18(35)29-9-21(3,23)24)15(14(11)20)17(34)30-12(6-10-4-5-28-16(10)33)13(32)8-37-22(25,26)27/h10-12,14-15H,4-9H2,1-3H3,(H,28,33)(H,29,35)(H,30,34)/t10-,11-,12?,14-,15-/m0/s1. The van der Waals surface area contributed by atoms with E-state index in [0.717, 1.165) is 4.90 Å². The summed E-state index contributed by atoms with van der Waals surface area (Å²) < 4.78 is 67.3. The molecule has 15 heteroatoms. The number of piperidine rings is 1. The minimum absolute atomic E-state index is 0.0225. The van der Waals surface area contributed by atoms with Gasteiger partial charge in [0, 0.05) is 25.9 Å². The van der Waals surface area contributed by atoms with Crippen molar-refractivity contribution in [2.75, 3.05) is 26.2 Å². The molecule has 0 bridgehead atoms. The molecule has 3 N–H and O–H groups in total. The van der Waals surface area contributed by atoms with E-state index in [1.165, 1.54) is 0 Å². The number of nitrogens with zero attached hydrogens (tertiary/aromatic N) is 1. The van der Waals surface area contributed by atoms with Crippen molar-refractivity contribution in [2.24, 2.45) is 23.2 Å². The Labute approximate surface area is 209 Å². The third-order valence-corrected chi connectivity index (χ3v) is 7.26. The Morgan fingerprint density at radius 3 is 2.38 bits per heavy atom. The molecule has 1 unspecified atom stereocenters. The van der Waals surface area contributed by atoms with E-state index in [0.29, 0.717) is 19.9 Å². The first-order valence-electron chi connectivity index (χ1n) is 11.7. The molecule has 3 fully saturated rings. The summed E-state index contributed by atoms with van der Waals surface area (Å²) in [5, 5.41) is 6.71. The first-order valence-corrected chi connectivity index (χ1v) is 11.7. The number of Topliss-reactive ketones (excluding diaryl/α,β-unsaturated/α-hetero) is 1. The monoisotopic (exact) mass is 540 g/mol. The van der Waals surface area contributed by atoms with Crippen LogP contribution in [0.2, 0.25) is 0 Å². The van der Waals surface area contributed by atoms with Gasteiger partial charge in [0.15, 0.2) is 5.78 Å². The van der Waals surface area contributed by atoms with E-state index in [2.05, 4.69) is 15.4 Å². The zero-order chi connectivity index (χ0) is 27.9. The highest BCUT2D eigenvalue weighted by atomic mass is 19.4. The number of hydrogen-bond donors (Lipinski definition) is 3. The van der Waals surface area contributed by atoms with Crippen LogP contribution in [-0.4, -0.2) is 84.9 Å². The number of halogens is 5. The number of hydrogen-bond acceptors (Lipinski definition) is 6. The van der Waals surface area contributed by atoms with Gasteiger partial charge in [0.05, 0.1) is 12.6 Å². The van der Waals surface area contributed by atoms with Gasteiger partial charge in [-0.15, -0.1) is 13.2 Å². The molecule has 0 aromatic heterocycles. The lowest BCUT2D eigenvalue weighted by Gasteiger charge is -2.31. The van der Waals surface area contributed by atoms with Gasteiger partial charge in [-0.3, -0.25) is 28.7 Å². The number of alkyl halides is 5. The Morgan fingerprint density at radius 2 is 1.84 bits per heavy atom. The number of fused-ring (bicyclic) bond motifs is 1. The van der Waals surface area contributed by atoms with Crippen LogP contribution in [0.25, 0.3) is 0 Å². The summed E-state index contributed by atoms with van der Waals surface area (Å²) in [6.07, 6.45) is -5.09. The lowest BCUT2D eigenvalue weighted by molar-refractivity contribution is -0.321. The van der Waals surface area contributed by atoms with Crippen molar-refractivity contribution < 1.29 is 50.7 Å². The van der Waals surface area contributed by atoms with Crippen molar-refractivity contribution in [3.63, 3.8) is 0 Å². The van der Waals surface area contributed by atoms with Gasteiger partial charge in [0.2, 0.25) is 11.8 Å². The second-order valence-electron chi connectivity index (χ2n) is 10.4. The number of amides is 4. The summed E-state index contributed by atoms with van der Waals surface area (Å²) in [6.45, 7) is 1.97. The van der Waals surface area contributed by atoms with Gasteiger partial charge in [-0.25, -0.2) is 8.78 Å². The third-order valence-electron chi connectivity index (χ3n) is 7.26. The second-order valence-corrected chi connectivity index (χ2v) is 10.4. The Balaban J connectivity index is 1.76. The van der Waals surface area contributed by atoms with Crippen LogP contribution in [0, 0.1) is 23.2 Å².